The molecule has 0 radical (unpaired) electrons. The van der Waals surface area contributed by atoms with Crippen molar-refractivity contribution >= 4 is 22.5 Å². The van der Waals surface area contributed by atoms with Gasteiger partial charge in [-0.2, -0.15) is 4.52 Å². The van der Waals surface area contributed by atoms with Crippen molar-refractivity contribution < 1.29 is 17.9 Å². The zero-order valence-corrected chi connectivity index (χ0v) is 15.6. The molecule has 1 fully saturated rings. The third kappa shape index (κ3) is 3.61. The topological polar surface area (TPSA) is 76.4 Å². The maximum Gasteiger partial charge on any atom is 0.573 e. The summed E-state index contributed by atoms with van der Waals surface area (Å²) in [7, 11) is 0. The molecular formula is C20H17F3N6O. The molecule has 1 aliphatic heterocycles. The van der Waals surface area contributed by atoms with E-state index in [-0.39, 0.29) is 17.6 Å². The summed E-state index contributed by atoms with van der Waals surface area (Å²) in [4.78, 5) is 9.29. The Balaban J connectivity index is 1.62. The maximum absolute atomic E-state index is 12.6. The van der Waals surface area contributed by atoms with Crippen LogP contribution >= 0.6 is 0 Å². The van der Waals surface area contributed by atoms with Crippen LogP contribution in [0.2, 0.25) is 0 Å². The Morgan fingerprint density at radius 3 is 2.77 bits per heavy atom. The summed E-state index contributed by atoms with van der Waals surface area (Å²) >= 11 is 0. The van der Waals surface area contributed by atoms with E-state index in [0.29, 0.717) is 17.2 Å². The molecule has 1 aliphatic rings. The highest BCUT2D eigenvalue weighted by Crippen LogP contribution is 2.29. The van der Waals surface area contributed by atoms with Gasteiger partial charge in [0, 0.05) is 23.5 Å². The Hall–Kier alpha value is -3.40. The van der Waals surface area contributed by atoms with Crippen LogP contribution in [0.15, 0.2) is 48.5 Å². The van der Waals surface area contributed by atoms with Crippen molar-refractivity contribution in [2.75, 3.05) is 18.4 Å². The molecule has 1 atom stereocenters. The number of alkyl halides is 3. The highest BCUT2D eigenvalue weighted by Gasteiger charge is 2.31. The summed E-state index contributed by atoms with van der Waals surface area (Å²) < 4.78 is 43.4. The molecule has 4 aromatic rings. The van der Waals surface area contributed by atoms with E-state index in [2.05, 4.69) is 30.4 Å². The molecule has 2 aromatic heterocycles. The summed E-state index contributed by atoms with van der Waals surface area (Å²) in [5.41, 5.74) is 1.75. The van der Waals surface area contributed by atoms with Crippen LogP contribution in [-0.4, -0.2) is 45.1 Å². The molecule has 3 heterocycles. The van der Waals surface area contributed by atoms with Crippen molar-refractivity contribution in [2.24, 2.45) is 0 Å². The summed E-state index contributed by atoms with van der Waals surface area (Å²) in [6.45, 7) is 1.73. The Bertz CT molecular complexity index is 1220. The van der Waals surface area contributed by atoms with E-state index in [1.807, 2.05) is 24.3 Å². The lowest BCUT2D eigenvalue weighted by Crippen LogP contribution is -2.24. The van der Waals surface area contributed by atoms with E-state index in [1.165, 1.54) is 18.2 Å². The van der Waals surface area contributed by atoms with Gasteiger partial charge in [0.2, 0.25) is 5.95 Å². The average molecular weight is 414 g/mol. The van der Waals surface area contributed by atoms with Gasteiger partial charge < -0.3 is 15.4 Å². The normalized spacial score (nSPS) is 17.0. The molecule has 2 N–H and O–H groups in total. The summed E-state index contributed by atoms with van der Waals surface area (Å²) in [5, 5.41) is 12.0. The first-order valence-electron chi connectivity index (χ1n) is 9.45. The van der Waals surface area contributed by atoms with Crippen LogP contribution < -0.4 is 15.4 Å². The second-order valence-electron chi connectivity index (χ2n) is 7.03. The number of ether oxygens (including phenoxy) is 1. The summed E-state index contributed by atoms with van der Waals surface area (Å²) in [6, 6.07) is 13.4. The predicted molar refractivity (Wildman–Crippen MR) is 105 cm³/mol. The highest BCUT2D eigenvalue weighted by atomic mass is 19.4. The molecule has 1 saturated heterocycles. The van der Waals surface area contributed by atoms with E-state index in [9.17, 15) is 13.2 Å². The van der Waals surface area contributed by atoms with Gasteiger partial charge in [0.1, 0.15) is 5.75 Å². The number of nitrogens with one attached hydrogen (secondary N) is 2. The number of hydrogen-bond acceptors (Lipinski definition) is 6. The fourth-order valence-corrected chi connectivity index (χ4v) is 3.56. The van der Waals surface area contributed by atoms with E-state index < -0.39 is 6.36 Å². The zero-order chi connectivity index (χ0) is 20.7. The van der Waals surface area contributed by atoms with Crippen LogP contribution in [0.5, 0.6) is 5.75 Å². The number of benzene rings is 2. The van der Waals surface area contributed by atoms with Gasteiger partial charge in [-0.05, 0) is 37.2 Å². The fourth-order valence-electron chi connectivity index (χ4n) is 3.56. The highest BCUT2D eigenvalue weighted by molar-refractivity contribution is 5.92. The Labute approximate surface area is 168 Å². The molecule has 154 valence electrons. The van der Waals surface area contributed by atoms with Gasteiger partial charge in [-0.1, -0.05) is 24.3 Å². The molecule has 0 spiro atoms. The van der Waals surface area contributed by atoms with Crippen molar-refractivity contribution in [1.29, 1.82) is 0 Å². The lowest BCUT2D eigenvalue weighted by Gasteiger charge is -2.13. The third-order valence-corrected chi connectivity index (χ3v) is 4.90. The number of nitrogens with zero attached hydrogens (tertiary/aromatic N) is 4. The third-order valence-electron chi connectivity index (χ3n) is 4.90. The maximum atomic E-state index is 12.6. The quantitative estimate of drug-likeness (QED) is 0.531. The van der Waals surface area contributed by atoms with Crippen LogP contribution in [-0.2, 0) is 0 Å². The molecule has 30 heavy (non-hydrogen) atoms. The number of rotatable bonds is 4. The van der Waals surface area contributed by atoms with Crippen molar-refractivity contribution in [1.82, 2.24) is 24.9 Å². The van der Waals surface area contributed by atoms with E-state index in [0.717, 1.165) is 30.4 Å². The molecular weight excluding hydrogens is 397 g/mol. The zero-order valence-electron chi connectivity index (χ0n) is 15.6. The molecule has 0 aliphatic carbocycles. The molecule has 10 heteroatoms. The minimum absolute atomic E-state index is 0.207. The standard InChI is InChI=1S/C20H17F3N6O/c21-20(22,23)30-14-5-3-4-12(10-14)17-27-18-15-6-1-2-7-16(15)26-19(29(18)28-17)25-13-8-9-24-11-13/h1-7,10,13,24H,8-9,11H2,(H,25,26)/t13-/m1/s1. The number of fused-ring (bicyclic) bond motifs is 3. The monoisotopic (exact) mass is 414 g/mol. The second-order valence-corrected chi connectivity index (χ2v) is 7.03. The smallest absolute Gasteiger partial charge is 0.406 e. The van der Waals surface area contributed by atoms with Crippen LogP contribution in [0.1, 0.15) is 6.42 Å². The largest absolute Gasteiger partial charge is 0.573 e. The van der Waals surface area contributed by atoms with Crippen LogP contribution in [0.3, 0.4) is 0 Å². The van der Waals surface area contributed by atoms with Gasteiger partial charge in [-0.25, -0.2) is 9.97 Å². The van der Waals surface area contributed by atoms with Gasteiger partial charge in [0.25, 0.3) is 0 Å². The Morgan fingerprint density at radius 1 is 1.10 bits per heavy atom. The first-order chi connectivity index (χ1) is 14.5. The lowest BCUT2D eigenvalue weighted by atomic mass is 10.2. The second kappa shape index (κ2) is 7.13. The number of aromatic nitrogens is 4. The van der Waals surface area contributed by atoms with Crippen molar-refractivity contribution in [2.45, 2.75) is 18.8 Å². The fraction of sp³-hybridized carbons (Fsp3) is 0.250. The molecule has 0 unspecified atom stereocenters. The van der Waals surface area contributed by atoms with Gasteiger partial charge in [0.15, 0.2) is 11.5 Å². The SMILES string of the molecule is FC(F)(F)Oc1cccc(-c2nc3c4ccccc4nc(N[C@@H]4CCNC4)n3n2)c1. The van der Waals surface area contributed by atoms with Crippen LogP contribution in [0.25, 0.3) is 27.9 Å². The number of hydrogen-bond donors (Lipinski definition) is 2. The minimum Gasteiger partial charge on any atom is -0.406 e. The Kier molecular flexibility index (Phi) is 4.43. The first kappa shape index (κ1) is 18.6. The summed E-state index contributed by atoms with van der Waals surface area (Å²) in [5.74, 6) is 0.504. The minimum atomic E-state index is -4.77. The van der Waals surface area contributed by atoms with Crippen molar-refractivity contribution in [3.8, 4) is 17.1 Å². The molecule has 0 amide bonds. The van der Waals surface area contributed by atoms with Crippen molar-refractivity contribution in [3.63, 3.8) is 0 Å². The molecule has 5 rings (SSSR count). The predicted octanol–water partition coefficient (Wildman–Crippen LogP) is 3.62. The molecule has 0 saturated carbocycles. The van der Waals surface area contributed by atoms with E-state index >= 15 is 0 Å². The molecule has 2 aromatic carbocycles. The Morgan fingerprint density at radius 2 is 1.97 bits per heavy atom. The molecule has 0 bridgehead atoms. The van der Waals surface area contributed by atoms with Gasteiger partial charge in [0.05, 0.1) is 5.52 Å². The lowest BCUT2D eigenvalue weighted by molar-refractivity contribution is -0.274. The number of halogens is 3. The van der Waals surface area contributed by atoms with Crippen LogP contribution in [0.4, 0.5) is 19.1 Å². The number of para-hydroxylation sites is 1. The summed E-state index contributed by atoms with van der Waals surface area (Å²) in [6.07, 6.45) is -3.81. The van der Waals surface area contributed by atoms with E-state index in [1.54, 1.807) is 10.6 Å². The van der Waals surface area contributed by atoms with Gasteiger partial charge in [-0.15, -0.1) is 18.3 Å². The van der Waals surface area contributed by atoms with E-state index in [4.69, 9.17) is 0 Å². The first-order valence-corrected chi connectivity index (χ1v) is 9.45. The molecule has 7 nitrogen and oxygen atoms in total. The van der Waals surface area contributed by atoms with Gasteiger partial charge >= 0.3 is 6.36 Å². The van der Waals surface area contributed by atoms with Gasteiger partial charge in [-0.3, -0.25) is 0 Å². The van der Waals surface area contributed by atoms with Crippen molar-refractivity contribution in [3.05, 3.63) is 48.5 Å². The van der Waals surface area contributed by atoms with Crippen LogP contribution in [0, 0.1) is 0 Å². The number of anilines is 1. The average Bonchev–Trinajstić information content (AvgIpc) is 3.37.